The van der Waals surface area contributed by atoms with Crippen LogP contribution in [-0.4, -0.2) is 58.5 Å². The van der Waals surface area contributed by atoms with E-state index in [2.05, 4.69) is 5.32 Å². The van der Waals surface area contributed by atoms with Gasteiger partial charge in [-0.3, -0.25) is 0 Å². The molecule has 1 saturated carbocycles. The Morgan fingerprint density at radius 2 is 1.84 bits per heavy atom. The van der Waals surface area contributed by atoms with E-state index in [-0.39, 0.29) is 5.79 Å². The van der Waals surface area contributed by atoms with Crippen LogP contribution in [0.4, 0.5) is 0 Å². The second kappa shape index (κ2) is 8.17. The molecule has 1 N–H and O–H groups in total. The smallest absolute Gasteiger partial charge is 0.168 e. The molecular formula is C14H27NO4. The molecule has 0 aromatic carbocycles. The average molecular weight is 273 g/mol. The van der Waals surface area contributed by atoms with Gasteiger partial charge in [0.1, 0.15) is 0 Å². The average Bonchev–Trinajstić information content (AvgIpc) is 2.89. The Balaban J connectivity index is 1.47. The van der Waals surface area contributed by atoms with E-state index in [0.717, 1.165) is 58.5 Å². The van der Waals surface area contributed by atoms with Crippen molar-refractivity contribution >= 4 is 0 Å². The Labute approximate surface area is 115 Å². The Morgan fingerprint density at radius 1 is 1.11 bits per heavy atom. The summed E-state index contributed by atoms with van der Waals surface area (Å²) >= 11 is 0. The summed E-state index contributed by atoms with van der Waals surface area (Å²) in [6, 6.07) is 0.609. The van der Waals surface area contributed by atoms with Crippen LogP contribution in [0.25, 0.3) is 0 Å². The van der Waals surface area contributed by atoms with Crippen LogP contribution in [0.2, 0.25) is 0 Å². The Kier molecular flexibility index (Phi) is 6.53. The fraction of sp³-hybridized carbons (Fsp3) is 1.00. The highest BCUT2D eigenvalue weighted by molar-refractivity contribution is 4.85. The molecule has 0 bridgehead atoms. The van der Waals surface area contributed by atoms with Gasteiger partial charge < -0.3 is 24.3 Å². The summed E-state index contributed by atoms with van der Waals surface area (Å²) in [6.07, 6.45) is 5.39. The zero-order valence-electron chi connectivity index (χ0n) is 12.0. The third-order valence-electron chi connectivity index (χ3n) is 3.89. The van der Waals surface area contributed by atoms with Gasteiger partial charge in [-0.2, -0.15) is 0 Å². The van der Waals surface area contributed by atoms with Gasteiger partial charge >= 0.3 is 0 Å². The summed E-state index contributed by atoms with van der Waals surface area (Å²) in [5.74, 6) is -0.235. The lowest BCUT2D eigenvalue weighted by Gasteiger charge is -2.35. The van der Waals surface area contributed by atoms with Gasteiger partial charge in [0.05, 0.1) is 26.4 Å². The molecule has 2 rings (SSSR count). The summed E-state index contributed by atoms with van der Waals surface area (Å²) < 4.78 is 21.8. The van der Waals surface area contributed by atoms with Crippen LogP contribution in [0.1, 0.15) is 32.1 Å². The van der Waals surface area contributed by atoms with Crippen molar-refractivity contribution in [2.24, 2.45) is 0 Å². The fourth-order valence-electron chi connectivity index (χ4n) is 2.77. The van der Waals surface area contributed by atoms with Gasteiger partial charge in [0.2, 0.25) is 0 Å². The summed E-state index contributed by atoms with van der Waals surface area (Å²) in [5.41, 5.74) is 0. The van der Waals surface area contributed by atoms with Gasteiger partial charge in [-0.05, 0) is 25.8 Å². The molecule has 1 heterocycles. The number of hydrogen-bond donors (Lipinski definition) is 1. The minimum Gasteiger partial charge on any atom is -0.382 e. The van der Waals surface area contributed by atoms with Crippen molar-refractivity contribution in [2.75, 3.05) is 46.7 Å². The quantitative estimate of drug-likeness (QED) is 0.676. The molecule has 5 nitrogen and oxygen atoms in total. The Bertz CT molecular complexity index is 234. The fourth-order valence-corrected chi connectivity index (χ4v) is 2.77. The van der Waals surface area contributed by atoms with Crippen LogP contribution in [0.5, 0.6) is 0 Å². The topological polar surface area (TPSA) is 49.0 Å². The van der Waals surface area contributed by atoms with Crippen molar-refractivity contribution in [1.29, 1.82) is 0 Å². The molecule has 2 fully saturated rings. The standard InChI is InChI=1S/C14H27NO4/c1-16-9-10-17-8-2-7-15-13-3-5-14(6-4-13)18-11-12-19-14/h13,15H,2-12H2,1H3. The van der Waals surface area contributed by atoms with Crippen molar-refractivity contribution in [3.05, 3.63) is 0 Å². The molecule has 1 aliphatic carbocycles. The maximum absolute atomic E-state index is 5.73. The molecular weight excluding hydrogens is 246 g/mol. The number of nitrogens with one attached hydrogen (secondary N) is 1. The third-order valence-corrected chi connectivity index (χ3v) is 3.89. The van der Waals surface area contributed by atoms with E-state index in [1.165, 1.54) is 0 Å². The molecule has 1 spiro atoms. The van der Waals surface area contributed by atoms with Crippen LogP contribution in [0.15, 0.2) is 0 Å². The monoisotopic (exact) mass is 273 g/mol. The van der Waals surface area contributed by atoms with Gasteiger partial charge in [0, 0.05) is 32.6 Å². The molecule has 0 aromatic heterocycles. The normalized spacial score (nSPS) is 23.2. The van der Waals surface area contributed by atoms with Gasteiger partial charge in [0.25, 0.3) is 0 Å². The molecule has 5 heteroatoms. The van der Waals surface area contributed by atoms with Crippen molar-refractivity contribution in [2.45, 2.75) is 43.9 Å². The van der Waals surface area contributed by atoms with E-state index in [1.54, 1.807) is 7.11 Å². The molecule has 112 valence electrons. The van der Waals surface area contributed by atoms with E-state index in [9.17, 15) is 0 Å². The Hall–Kier alpha value is -0.200. The third kappa shape index (κ3) is 5.00. The van der Waals surface area contributed by atoms with E-state index in [0.29, 0.717) is 19.3 Å². The molecule has 0 radical (unpaired) electrons. The molecule has 2 aliphatic rings. The first kappa shape index (κ1) is 15.2. The highest BCUT2D eigenvalue weighted by Crippen LogP contribution is 2.35. The van der Waals surface area contributed by atoms with Gasteiger partial charge in [-0.1, -0.05) is 0 Å². The predicted molar refractivity (Wildman–Crippen MR) is 72.2 cm³/mol. The van der Waals surface area contributed by atoms with E-state index < -0.39 is 0 Å². The van der Waals surface area contributed by atoms with Crippen molar-refractivity contribution in [3.63, 3.8) is 0 Å². The summed E-state index contributed by atoms with van der Waals surface area (Å²) in [6.45, 7) is 4.72. The Morgan fingerprint density at radius 3 is 2.53 bits per heavy atom. The zero-order chi connectivity index (χ0) is 13.4. The molecule has 19 heavy (non-hydrogen) atoms. The molecule has 0 atom stereocenters. The molecule has 0 unspecified atom stereocenters. The van der Waals surface area contributed by atoms with Crippen LogP contribution in [0.3, 0.4) is 0 Å². The second-order valence-corrected chi connectivity index (χ2v) is 5.29. The molecule has 0 aromatic rings. The zero-order valence-corrected chi connectivity index (χ0v) is 12.0. The van der Waals surface area contributed by atoms with Crippen LogP contribution in [-0.2, 0) is 18.9 Å². The molecule has 0 amide bonds. The van der Waals surface area contributed by atoms with Crippen LogP contribution >= 0.6 is 0 Å². The number of rotatable bonds is 8. The van der Waals surface area contributed by atoms with Crippen LogP contribution in [0, 0.1) is 0 Å². The van der Waals surface area contributed by atoms with E-state index >= 15 is 0 Å². The minimum absolute atomic E-state index is 0.235. The highest BCUT2D eigenvalue weighted by Gasteiger charge is 2.39. The first-order chi connectivity index (χ1) is 9.35. The predicted octanol–water partition coefficient (Wildman–Crippen LogP) is 1.31. The second-order valence-electron chi connectivity index (χ2n) is 5.29. The van der Waals surface area contributed by atoms with Crippen molar-refractivity contribution in [1.82, 2.24) is 5.32 Å². The largest absolute Gasteiger partial charge is 0.382 e. The van der Waals surface area contributed by atoms with Crippen molar-refractivity contribution < 1.29 is 18.9 Å². The highest BCUT2D eigenvalue weighted by atomic mass is 16.7. The SMILES string of the molecule is COCCOCCCNC1CCC2(CC1)OCCO2. The minimum atomic E-state index is -0.235. The van der Waals surface area contributed by atoms with Gasteiger partial charge in [-0.15, -0.1) is 0 Å². The number of hydrogen-bond acceptors (Lipinski definition) is 5. The lowest BCUT2D eigenvalue weighted by atomic mass is 9.90. The molecule has 1 aliphatic heterocycles. The lowest BCUT2D eigenvalue weighted by molar-refractivity contribution is -0.179. The van der Waals surface area contributed by atoms with Gasteiger partial charge in [0.15, 0.2) is 5.79 Å². The summed E-state index contributed by atoms with van der Waals surface area (Å²) in [7, 11) is 1.69. The van der Waals surface area contributed by atoms with E-state index in [4.69, 9.17) is 18.9 Å². The van der Waals surface area contributed by atoms with E-state index in [1.807, 2.05) is 0 Å². The maximum Gasteiger partial charge on any atom is 0.168 e. The molecule has 1 saturated heterocycles. The van der Waals surface area contributed by atoms with Crippen molar-refractivity contribution in [3.8, 4) is 0 Å². The summed E-state index contributed by atoms with van der Waals surface area (Å²) in [4.78, 5) is 0. The first-order valence-electron chi connectivity index (χ1n) is 7.43. The number of ether oxygens (including phenoxy) is 4. The summed E-state index contributed by atoms with van der Waals surface area (Å²) in [5, 5.41) is 3.60. The lowest BCUT2D eigenvalue weighted by Crippen LogP contribution is -2.42. The van der Waals surface area contributed by atoms with Crippen LogP contribution < -0.4 is 5.32 Å². The van der Waals surface area contributed by atoms with Gasteiger partial charge in [-0.25, -0.2) is 0 Å². The maximum atomic E-state index is 5.73. The first-order valence-corrected chi connectivity index (χ1v) is 7.43. The number of methoxy groups -OCH3 is 1.